The predicted octanol–water partition coefficient (Wildman–Crippen LogP) is 6.34. The highest BCUT2D eigenvalue weighted by molar-refractivity contribution is 5.98. The second-order valence-electron chi connectivity index (χ2n) is 11.0. The van der Waals surface area contributed by atoms with Crippen molar-refractivity contribution < 1.29 is 23.5 Å². The molecule has 1 heterocycles. The predicted molar refractivity (Wildman–Crippen MR) is 150 cm³/mol. The maximum Gasteiger partial charge on any atom is 0.349 e. The number of benzene rings is 3. The van der Waals surface area contributed by atoms with Gasteiger partial charge in [-0.1, -0.05) is 42.5 Å². The molecule has 0 aliphatic carbocycles. The molecule has 0 saturated carbocycles. The molecule has 0 radical (unpaired) electrons. The largest absolute Gasteiger partial charge is 0.476 e. The lowest BCUT2D eigenvalue weighted by atomic mass is 9.84. The molecule has 0 bridgehead atoms. The Morgan fingerprint density at radius 2 is 1.59 bits per heavy atom. The third-order valence-electron chi connectivity index (χ3n) is 7.37. The van der Waals surface area contributed by atoms with Crippen LogP contribution in [-0.2, 0) is 22.5 Å². The molecule has 3 aromatic rings. The Morgan fingerprint density at radius 1 is 0.949 bits per heavy atom. The Labute approximate surface area is 230 Å². The van der Waals surface area contributed by atoms with Crippen molar-refractivity contribution in [3.05, 3.63) is 100 Å². The van der Waals surface area contributed by atoms with Crippen LogP contribution < -0.4 is 4.74 Å². The lowest BCUT2D eigenvalue weighted by molar-refractivity contribution is -0.158. The van der Waals surface area contributed by atoms with Gasteiger partial charge in [-0.2, -0.15) is 0 Å². The number of aryl methyl sites for hydroxylation is 2. The fourth-order valence-electron chi connectivity index (χ4n) is 5.49. The maximum atomic E-state index is 13.6. The summed E-state index contributed by atoms with van der Waals surface area (Å²) in [5.74, 6) is -0.113. The summed E-state index contributed by atoms with van der Waals surface area (Å²) < 4.78 is 24.9. The van der Waals surface area contributed by atoms with E-state index >= 15 is 0 Å². The summed E-state index contributed by atoms with van der Waals surface area (Å²) in [7, 11) is 0. The molecule has 6 heteroatoms. The number of halogens is 1. The molecule has 1 aliphatic rings. The van der Waals surface area contributed by atoms with E-state index in [2.05, 4.69) is 29.2 Å². The van der Waals surface area contributed by atoms with Crippen LogP contribution in [0.5, 0.6) is 5.75 Å². The minimum Gasteiger partial charge on any atom is -0.476 e. The van der Waals surface area contributed by atoms with Crippen LogP contribution in [-0.4, -0.2) is 41.9 Å². The number of likely N-dealkylation sites (tertiary alicyclic amines) is 1. The summed E-state index contributed by atoms with van der Waals surface area (Å²) in [6, 6.07) is 20.3. The van der Waals surface area contributed by atoms with Crippen LogP contribution in [0.1, 0.15) is 53.4 Å². The van der Waals surface area contributed by atoms with Crippen molar-refractivity contribution >= 4 is 11.8 Å². The number of hydrogen-bond donors (Lipinski definition) is 0. The van der Waals surface area contributed by atoms with Gasteiger partial charge < -0.3 is 9.47 Å². The second-order valence-corrected chi connectivity index (χ2v) is 11.0. The Bertz CT molecular complexity index is 1280. The zero-order chi connectivity index (χ0) is 28.2. The van der Waals surface area contributed by atoms with Gasteiger partial charge >= 0.3 is 5.97 Å². The minimum atomic E-state index is -1.11. The zero-order valence-electron chi connectivity index (χ0n) is 23.5. The minimum absolute atomic E-state index is 0.0557. The fourth-order valence-corrected chi connectivity index (χ4v) is 5.49. The van der Waals surface area contributed by atoms with Crippen molar-refractivity contribution in [3.8, 4) is 5.75 Å². The maximum absolute atomic E-state index is 13.6. The number of carbonyl (C=O) groups excluding carboxylic acids is 2. The van der Waals surface area contributed by atoms with Crippen molar-refractivity contribution in [2.75, 3.05) is 19.7 Å². The molecule has 1 fully saturated rings. The van der Waals surface area contributed by atoms with Gasteiger partial charge in [-0.05, 0) is 93.5 Å². The number of nitrogens with zero attached hydrogens (tertiary/aromatic N) is 1. The Balaban J connectivity index is 1.56. The molecule has 2 atom stereocenters. The van der Waals surface area contributed by atoms with Crippen LogP contribution in [0.2, 0.25) is 0 Å². The number of rotatable bonds is 10. The van der Waals surface area contributed by atoms with Crippen molar-refractivity contribution in [1.82, 2.24) is 4.90 Å². The standard InChI is InChI=1S/C33H38FNO4/c1-6-38-32(37)33(4,5)39-31-22(2)16-25(17-23(31)3)18-27-20-35(19-24-10-8-7-9-11-24)21-29(27)30(36)26-12-14-28(34)15-13-26/h7-17,27,29H,6,18-21H2,1-5H3/t27-,29?/m0/s1. The summed E-state index contributed by atoms with van der Waals surface area (Å²) in [4.78, 5) is 28.3. The first kappa shape index (κ1) is 28.5. The van der Waals surface area contributed by atoms with Gasteiger partial charge in [-0.25, -0.2) is 9.18 Å². The van der Waals surface area contributed by atoms with Crippen molar-refractivity contribution in [2.24, 2.45) is 11.8 Å². The van der Waals surface area contributed by atoms with Gasteiger partial charge in [-0.15, -0.1) is 0 Å². The molecule has 1 aliphatic heterocycles. The summed E-state index contributed by atoms with van der Waals surface area (Å²) in [6.45, 7) is 11.7. The Kier molecular flexibility index (Phi) is 8.86. The highest BCUT2D eigenvalue weighted by Gasteiger charge is 2.38. The molecule has 1 unspecified atom stereocenters. The monoisotopic (exact) mass is 531 g/mol. The third kappa shape index (κ3) is 6.93. The molecular formula is C33H38FNO4. The summed E-state index contributed by atoms with van der Waals surface area (Å²) in [6.07, 6.45) is 0.728. The molecule has 3 aromatic carbocycles. The first-order valence-electron chi connectivity index (χ1n) is 13.6. The second kappa shape index (κ2) is 12.1. The van der Waals surface area contributed by atoms with Crippen molar-refractivity contribution in [2.45, 2.75) is 53.2 Å². The first-order chi connectivity index (χ1) is 18.6. The van der Waals surface area contributed by atoms with Crippen LogP contribution in [0.3, 0.4) is 0 Å². The number of Topliss-reactive ketones (excluding diaryl/α,β-unsaturated/α-hetero) is 1. The van der Waals surface area contributed by atoms with Crippen LogP contribution in [0.25, 0.3) is 0 Å². The molecule has 4 rings (SSSR count). The molecule has 1 saturated heterocycles. The third-order valence-corrected chi connectivity index (χ3v) is 7.37. The van der Waals surface area contributed by atoms with Gasteiger partial charge in [0.25, 0.3) is 0 Å². The van der Waals surface area contributed by atoms with Gasteiger partial charge in [0.2, 0.25) is 0 Å². The highest BCUT2D eigenvalue weighted by Crippen LogP contribution is 2.34. The highest BCUT2D eigenvalue weighted by atomic mass is 19.1. The molecule has 0 amide bonds. The zero-order valence-corrected chi connectivity index (χ0v) is 23.5. The first-order valence-corrected chi connectivity index (χ1v) is 13.6. The van der Waals surface area contributed by atoms with E-state index in [0.717, 1.165) is 36.2 Å². The van der Waals surface area contributed by atoms with Gasteiger partial charge in [0, 0.05) is 31.1 Å². The number of carbonyl (C=O) groups is 2. The van der Waals surface area contributed by atoms with Crippen LogP contribution in [0, 0.1) is 31.5 Å². The summed E-state index contributed by atoms with van der Waals surface area (Å²) in [5, 5.41) is 0. The normalized spacial score (nSPS) is 17.7. The molecule has 5 nitrogen and oxygen atoms in total. The fraction of sp³-hybridized carbons (Fsp3) is 0.394. The van der Waals surface area contributed by atoms with E-state index < -0.39 is 11.6 Å². The van der Waals surface area contributed by atoms with E-state index in [0.29, 0.717) is 24.5 Å². The van der Waals surface area contributed by atoms with Crippen molar-refractivity contribution in [1.29, 1.82) is 0 Å². The van der Waals surface area contributed by atoms with Crippen molar-refractivity contribution in [3.63, 3.8) is 0 Å². The summed E-state index contributed by atoms with van der Waals surface area (Å²) >= 11 is 0. The SMILES string of the molecule is CCOC(=O)C(C)(C)Oc1c(C)cc(C[C@H]2CN(Cc3ccccc3)CC2C(=O)c2ccc(F)cc2)cc1C. The molecule has 0 aromatic heterocycles. The van der Waals surface area contributed by atoms with Gasteiger partial charge in [-0.3, -0.25) is 9.69 Å². The average molecular weight is 532 g/mol. The topological polar surface area (TPSA) is 55.8 Å². The van der Waals surface area contributed by atoms with E-state index in [4.69, 9.17) is 9.47 Å². The Morgan fingerprint density at radius 3 is 2.21 bits per heavy atom. The van der Waals surface area contributed by atoms with E-state index in [1.54, 1.807) is 32.9 Å². The Hall–Kier alpha value is -3.51. The molecular weight excluding hydrogens is 493 g/mol. The van der Waals surface area contributed by atoms with Gasteiger partial charge in [0.15, 0.2) is 11.4 Å². The molecule has 39 heavy (non-hydrogen) atoms. The van der Waals surface area contributed by atoms with E-state index in [-0.39, 0.29) is 23.4 Å². The van der Waals surface area contributed by atoms with Crippen LogP contribution in [0.4, 0.5) is 4.39 Å². The molecule has 0 N–H and O–H groups in total. The van der Waals surface area contributed by atoms with E-state index in [1.165, 1.54) is 17.7 Å². The lowest BCUT2D eigenvalue weighted by Gasteiger charge is -2.27. The lowest BCUT2D eigenvalue weighted by Crippen LogP contribution is -2.40. The van der Waals surface area contributed by atoms with E-state index in [9.17, 15) is 14.0 Å². The summed E-state index contributed by atoms with van der Waals surface area (Å²) in [5.41, 5.74) is 3.64. The van der Waals surface area contributed by atoms with Gasteiger partial charge in [0.1, 0.15) is 11.6 Å². The number of hydrogen-bond acceptors (Lipinski definition) is 5. The molecule has 0 spiro atoms. The van der Waals surface area contributed by atoms with E-state index in [1.807, 2.05) is 32.0 Å². The number of ketones is 1. The van der Waals surface area contributed by atoms with Crippen LogP contribution in [0.15, 0.2) is 66.7 Å². The average Bonchev–Trinajstić information content (AvgIpc) is 3.28. The molecule has 206 valence electrons. The smallest absolute Gasteiger partial charge is 0.349 e. The quantitative estimate of drug-likeness (QED) is 0.226. The van der Waals surface area contributed by atoms with Gasteiger partial charge in [0.05, 0.1) is 6.61 Å². The number of ether oxygens (including phenoxy) is 2. The van der Waals surface area contributed by atoms with Crippen LogP contribution >= 0.6 is 0 Å². The number of esters is 1.